The third-order valence-corrected chi connectivity index (χ3v) is 1.66. The van der Waals surface area contributed by atoms with Crippen molar-refractivity contribution < 1.29 is 0 Å². The normalized spacial score (nSPS) is 19.6. The average molecular weight is 147 g/mol. The van der Waals surface area contributed by atoms with Crippen LogP contribution in [0, 0.1) is 6.42 Å². The van der Waals surface area contributed by atoms with Crippen molar-refractivity contribution in [3.8, 4) is 0 Å². The Kier molecular flexibility index (Phi) is 4.51. The third kappa shape index (κ3) is 4.60. The summed E-state index contributed by atoms with van der Waals surface area (Å²) in [7, 11) is 0. The Labute approximate surface area is 69.3 Å². The van der Waals surface area contributed by atoms with Gasteiger partial charge in [-0.3, -0.25) is 0 Å². The highest BCUT2D eigenvalue weighted by Crippen LogP contribution is 2.01. The number of allylic oxidation sites excluding steroid dienone is 6. The Balaban J connectivity index is 2.34. The van der Waals surface area contributed by atoms with Crippen molar-refractivity contribution in [3.63, 3.8) is 0 Å². The van der Waals surface area contributed by atoms with Crippen LogP contribution in [0.15, 0.2) is 36.5 Å². The van der Waals surface area contributed by atoms with Crippen molar-refractivity contribution in [1.82, 2.24) is 0 Å². The van der Waals surface area contributed by atoms with Gasteiger partial charge in [-0.2, -0.15) is 0 Å². The van der Waals surface area contributed by atoms with Crippen LogP contribution < -0.4 is 0 Å². The highest BCUT2D eigenvalue weighted by atomic mass is 13.9. The molecular formula is C11H15. The molecule has 0 amide bonds. The summed E-state index contributed by atoms with van der Waals surface area (Å²) < 4.78 is 0. The molecule has 0 nitrogen and oxygen atoms in total. The SMILES string of the molecule is [CH]1CC=CC=CCCC=CC1. The Hall–Kier alpha value is -0.780. The molecule has 0 aliphatic heterocycles. The predicted molar refractivity (Wildman–Crippen MR) is 50.2 cm³/mol. The minimum absolute atomic E-state index is 1.09. The van der Waals surface area contributed by atoms with Gasteiger partial charge in [0.1, 0.15) is 0 Å². The van der Waals surface area contributed by atoms with Gasteiger partial charge >= 0.3 is 0 Å². The molecule has 0 aromatic carbocycles. The molecule has 0 bridgehead atoms. The van der Waals surface area contributed by atoms with Crippen LogP contribution in [0.25, 0.3) is 0 Å². The topological polar surface area (TPSA) is 0 Å². The zero-order valence-corrected chi connectivity index (χ0v) is 6.87. The minimum Gasteiger partial charge on any atom is -0.0882 e. The van der Waals surface area contributed by atoms with Crippen LogP contribution in [-0.4, -0.2) is 0 Å². The number of hydrogen-bond acceptors (Lipinski definition) is 0. The third-order valence-electron chi connectivity index (χ3n) is 1.66. The summed E-state index contributed by atoms with van der Waals surface area (Å²) in [6, 6.07) is 0. The lowest BCUT2D eigenvalue weighted by Crippen LogP contribution is -1.69. The van der Waals surface area contributed by atoms with E-state index in [9.17, 15) is 0 Å². The van der Waals surface area contributed by atoms with E-state index in [1.165, 1.54) is 12.8 Å². The molecule has 0 N–H and O–H groups in total. The first-order valence-corrected chi connectivity index (χ1v) is 4.28. The molecule has 0 spiro atoms. The molecule has 0 aromatic heterocycles. The maximum atomic E-state index is 2.28. The second kappa shape index (κ2) is 5.96. The van der Waals surface area contributed by atoms with E-state index in [2.05, 4.69) is 42.9 Å². The van der Waals surface area contributed by atoms with Crippen LogP contribution in [0.4, 0.5) is 0 Å². The van der Waals surface area contributed by atoms with Gasteiger partial charge in [-0.15, -0.1) is 0 Å². The van der Waals surface area contributed by atoms with Gasteiger partial charge in [0.2, 0.25) is 0 Å². The molecule has 1 aliphatic carbocycles. The fourth-order valence-corrected chi connectivity index (χ4v) is 1.03. The fourth-order valence-electron chi connectivity index (χ4n) is 1.03. The molecule has 0 fully saturated rings. The summed E-state index contributed by atoms with van der Waals surface area (Å²) in [6.45, 7) is 0. The lowest BCUT2D eigenvalue weighted by molar-refractivity contribution is 1.03. The molecule has 0 heteroatoms. The number of hydrogen-bond donors (Lipinski definition) is 0. The van der Waals surface area contributed by atoms with Crippen LogP contribution in [0.3, 0.4) is 0 Å². The quantitative estimate of drug-likeness (QED) is 0.460. The maximum absolute atomic E-state index is 2.28. The molecule has 0 aromatic rings. The van der Waals surface area contributed by atoms with Crippen LogP contribution in [0.2, 0.25) is 0 Å². The van der Waals surface area contributed by atoms with Gasteiger partial charge < -0.3 is 0 Å². The van der Waals surface area contributed by atoms with E-state index in [-0.39, 0.29) is 0 Å². The zero-order chi connectivity index (χ0) is 7.78. The van der Waals surface area contributed by atoms with Crippen molar-refractivity contribution in [3.05, 3.63) is 42.9 Å². The van der Waals surface area contributed by atoms with Crippen molar-refractivity contribution >= 4 is 0 Å². The van der Waals surface area contributed by atoms with Crippen molar-refractivity contribution in [1.29, 1.82) is 0 Å². The second-order valence-corrected chi connectivity index (χ2v) is 2.67. The molecule has 0 saturated carbocycles. The molecule has 0 saturated heterocycles. The van der Waals surface area contributed by atoms with Crippen molar-refractivity contribution in [2.24, 2.45) is 0 Å². The standard InChI is InChI=1S/C11H15/c1-2-4-6-8-10-11-9-7-5-3-1/h1-4,7,10-11H,5-6,8-9H2. The summed E-state index contributed by atoms with van der Waals surface area (Å²) in [5, 5.41) is 0. The molecule has 1 rings (SSSR count). The van der Waals surface area contributed by atoms with E-state index >= 15 is 0 Å². The molecule has 1 radical (unpaired) electrons. The van der Waals surface area contributed by atoms with Crippen LogP contribution in [0.5, 0.6) is 0 Å². The van der Waals surface area contributed by atoms with Gasteiger partial charge in [-0.1, -0.05) is 36.5 Å². The zero-order valence-electron chi connectivity index (χ0n) is 6.87. The number of rotatable bonds is 0. The van der Waals surface area contributed by atoms with Gasteiger partial charge in [-0.25, -0.2) is 0 Å². The average Bonchev–Trinajstić information content (AvgIpc) is 2.08. The molecule has 0 atom stereocenters. The fraction of sp³-hybridized carbons (Fsp3) is 0.364. The van der Waals surface area contributed by atoms with E-state index in [4.69, 9.17) is 0 Å². The first-order chi connectivity index (χ1) is 5.50. The summed E-state index contributed by atoms with van der Waals surface area (Å²) >= 11 is 0. The highest BCUT2D eigenvalue weighted by Gasteiger charge is 1.82. The van der Waals surface area contributed by atoms with Crippen LogP contribution in [0.1, 0.15) is 25.7 Å². The summed E-state index contributed by atoms with van der Waals surface area (Å²) in [5.41, 5.74) is 0. The molecule has 59 valence electrons. The Morgan fingerprint density at radius 3 is 2.36 bits per heavy atom. The smallest absolute Gasteiger partial charge is 0.0311 e. The Bertz CT molecular complexity index is 161. The van der Waals surface area contributed by atoms with E-state index < -0.39 is 0 Å². The molecule has 11 heavy (non-hydrogen) atoms. The first kappa shape index (κ1) is 8.32. The van der Waals surface area contributed by atoms with Gasteiger partial charge in [0.25, 0.3) is 0 Å². The van der Waals surface area contributed by atoms with Gasteiger partial charge in [0.05, 0.1) is 0 Å². The second-order valence-electron chi connectivity index (χ2n) is 2.67. The van der Waals surface area contributed by atoms with Gasteiger partial charge in [0, 0.05) is 0 Å². The molecule has 0 unspecified atom stereocenters. The molecular weight excluding hydrogens is 132 g/mol. The van der Waals surface area contributed by atoms with E-state index in [1.807, 2.05) is 0 Å². The van der Waals surface area contributed by atoms with Crippen molar-refractivity contribution in [2.45, 2.75) is 25.7 Å². The van der Waals surface area contributed by atoms with E-state index in [0.717, 1.165) is 12.8 Å². The predicted octanol–water partition coefficient (Wildman–Crippen LogP) is 3.43. The first-order valence-electron chi connectivity index (χ1n) is 4.28. The maximum Gasteiger partial charge on any atom is -0.0311 e. The van der Waals surface area contributed by atoms with Gasteiger partial charge in [-0.05, 0) is 32.1 Å². The van der Waals surface area contributed by atoms with E-state index in [0.29, 0.717) is 0 Å². The lowest BCUT2D eigenvalue weighted by Gasteiger charge is -1.87. The molecule has 0 heterocycles. The largest absolute Gasteiger partial charge is 0.0882 e. The Morgan fingerprint density at radius 2 is 1.36 bits per heavy atom. The van der Waals surface area contributed by atoms with Crippen LogP contribution in [-0.2, 0) is 0 Å². The minimum atomic E-state index is 1.09. The summed E-state index contributed by atoms with van der Waals surface area (Å²) in [5.74, 6) is 0. The highest BCUT2D eigenvalue weighted by molar-refractivity contribution is 5.05. The Morgan fingerprint density at radius 1 is 0.636 bits per heavy atom. The van der Waals surface area contributed by atoms with Crippen molar-refractivity contribution in [2.75, 3.05) is 0 Å². The van der Waals surface area contributed by atoms with E-state index in [1.54, 1.807) is 0 Å². The molecule has 1 aliphatic rings. The summed E-state index contributed by atoms with van der Waals surface area (Å²) in [6.07, 6.45) is 20.0. The monoisotopic (exact) mass is 147 g/mol. The lowest BCUT2D eigenvalue weighted by atomic mass is 10.2. The summed E-state index contributed by atoms with van der Waals surface area (Å²) in [4.78, 5) is 0. The van der Waals surface area contributed by atoms with Crippen LogP contribution >= 0.6 is 0 Å². The van der Waals surface area contributed by atoms with Gasteiger partial charge in [0.15, 0.2) is 0 Å².